The molecule has 1 aromatic heterocycles. The van der Waals surface area contributed by atoms with Gasteiger partial charge in [-0.1, -0.05) is 36.0 Å². The van der Waals surface area contributed by atoms with Crippen molar-refractivity contribution < 1.29 is 4.79 Å². The lowest BCUT2D eigenvalue weighted by Gasteiger charge is -2.29. The third kappa shape index (κ3) is 2.94. The summed E-state index contributed by atoms with van der Waals surface area (Å²) in [5, 5.41) is 3.55. The first-order chi connectivity index (χ1) is 8.08. The summed E-state index contributed by atoms with van der Waals surface area (Å²) in [5.74, 6) is -0.207. The highest BCUT2D eigenvalue weighted by Gasteiger charge is 2.24. The molecule has 0 aromatic carbocycles. The van der Waals surface area contributed by atoms with Gasteiger partial charge in [-0.05, 0) is 18.9 Å². The van der Waals surface area contributed by atoms with Gasteiger partial charge >= 0.3 is 0 Å². The van der Waals surface area contributed by atoms with Crippen LogP contribution < -0.4 is 11.1 Å². The Labute approximate surface area is 110 Å². The summed E-state index contributed by atoms with van der Waals surface area (Å²) in [6.45, 7) is 0. The molecule has 1 amide bonds. The number of rotatable bonds is 2. The fraction of sp³-hybridized carbons (Fsp3) is 0.545. The molecule has 1 saturated carbocycles. The Morgan fingerprint density at radius 1 is 1.41 bits per heavy atom. The van der Waals surface area contributed by atoms with Gasteiger partial charge in [0.1, 0.15) is 10.8 Å². The Morgan fingerprint density at radius 2 is 2.12 bits per heavy atom. The van der Waals surface area contributed by atoms with E-state index in [9.17, 15) is 4.79 Å². The molecule has 0 saturated heterocycles. The number of nitrogens with one attached hydrogen (secondary N) is 2. The minimum atomic E-state index is -0.207. The number of aromatic amines is 1. The van der Waals surface area contributed by atoms with Crippen LogP contribution >= 0.6 is 23.2 Å². The highest BCUT2D eigenvalue weighted by atomic mass is 35.5. The van der Waals surface area contributed by atoms with Crippen molar-refractivity contribution in [3.05, 3.63) is 21.9 Å². The van der Waals surface area contributed by atoms with E-state index in [2.05, 4.69) is 10.3 Å². The van der Waals surface area contributed by atoms with Crippen LogP contribution in [0.2, 0.25) is 10.2 Å². The molecule has 0 spiro atoms. The highest BCUT2D eigenvalue weighted by Crippen LogP contribution is 2.22. The number of H-pyrrole nitrogens is 1. The van der Waals surface area contributed by atoms with Crippen LogP contribution in [0.1, 0.15) is 36.2 Å². The lowest BCUT2D eigenvalue weighted by molar-refractivity contribution is 0.0917. The number of hydrogen-bond acceptors (Lipinski definition) is 2. The van der Waals surface area contributed by atoms with Gasteiger partial charge in [0.15, 0.2) is 0 Å². The predicted molar refractivity (Wildman–Crippen MR) is 68.5 cm³/mol. The normalized spacial score (nSPS) is 24.6. The first-order valence-electron chi connectivity index (χ1n) is 5.68. The zero-order chi connectivity index (χ0) is 12.4. The van der Waals surface area contributed by atoms with Crippen LogP contribution in [0.25, 0.3) is 0 Å². The first-order valence-corrected chi connectivity index (χ1v) is 6.44. The van der Waals surface area contributed by atoms with Crippen molar-refractivity contribution >= 4 is 29.1 Å². The second-order valence-corrected chi connectivity index (χ2v) is 5.16. The van der Waals surface area contributed by atoms with Gasteiger partial charge in [-0.25, -0.2) is 0 Å². The molecule has 1 heterocycles. The number of hydrogen-bond donors (Lipinski definition) is 3. The van der Waals surface area contributed by atoms with Gasteiger partial charge < -0.3 is 16.0 Å². The summed E-state index contributed by atoms with van der Waals surface area (Å²) in [6.07, 6.45) is 4.12. The smallest absolute Gasteiger partial charge is 0.268 e. The number of amides is 1. The molecule has 6 heteroatoms. The van der Waals surface area contributed by atoms with Crippen LogP contribution in [-0.4, -0.2) is 23.0 Å². The van der Waals surface area contributed by atoms with Crippen molar-refractivity contribution in [2.45, 2.75) is 37.8 Å². The molecule has 1 aliphatic rings. The van der Waals surface area contributed by atoms with E-state index >= 15 is 0 Å². The minimum Gasteiger partial charge on any atom is -0.346 e. The molecule has 0 radical (unpaired) electrons. The van der Waals surface area contributed by atoms with Crippen molar-refractivity contribution in [3.8, 4) is 0 Å². The summed E-state index contributed by atoms with van der Waals surface area (Å²) >= 11 is 11.5. The van der Waals surface area contributed by atoms with E-state index in [0.29, 0.717) is 10.7 Å². The quantitative estimate of drug-likeness (QED) is 0.775. The van der Waals surface area contributed by atoms with E-state index in [4.69, 9.17) is 28.9 Å². The van der Waals surface area contributed by atoms with E-state index in [1.165, 1.54) is 6.07 Å². The molecule has 94 valence electrons. The highest BCUT2D eigenvalue weighted by molar-refractivity contribution is 6.41. The Morgan fingerprint density at radius 3 is 2.71 bits per heavy atom. The molecule has 1 aliphatic carbocycles. The topological polar surface area (TPSA) is 70.9 Å². The van der Waals surface area contributed by atoms with Crippen LogP contribution in [0.5, 0.6) is 0 Å². The average Bonchev–Trinajstić information content (AvgIpc) is 2.63. The van der Waals surface area contributed by atoms with E-state index in [-0.39, 0.29) is 23.1 Å². The predicted octanol–water partition coefficient (Wildman–Crippen LogP) is 2.32. The molecule has 2 atom stereocenters. The molecule has 0 bridgehead atoms. The molecule has 4 N–H and O–H groups in total. The van der Waals surface area contributed by atoms with E-state index in [0.717, 1.165) is 25.7 Å². The zero-order valence-corrected chi connectivity index (χ0v) is 10.8. The molecule has 1 aromatic rings. The molecule has 4 nitrogen and oxygen atoms in total. The number of carbonyl (C=O) groups excluding carboxylic acids is 1. The largest absolute Gasteiger partial charge is 0.346 e. The first kappa shape index (κ1) is 12.7. The number of nitrogens with two attached hydrogens (primary N) is 1. The lowest BCUT2D eigenvalue weighted by Crippen LogP contribution is -2.49. The Bertz CT molecular complexity index is 399. The summed E-state index contributed by atoms with van der Waals surface area (Å²) in [7, 11) is 0. The van der Waals surface area contributed by atoms with Gasteiger partial charge in [0, 0.05) is 12.1 Å². The maximum absolute atomic E-state index is 11.9. The lowest BCUT2D eigenvalue weighted by atomic mass is 9.91. The van der Waals surface area contributed by atoms with Crippen molar-refractivity contribution in [1.82, 2.24) is 10.3 Å². The van der Waals surface area contributed by atoms with Gasteiger partial charge in [-0.15, -0.1) is 0 Å². The molecular formula is C11H15Cl2N3O. The van der Waals surface area contributed by atoms with Gasteiger partial charge in [0.05, 0.1) is 5.02 Å². The van der Waals surface area contributed by atoms with Crippen LogP contribution in [0, 0.1) is 0 Å². The van der Waals surface area contributed by atoms with Crippen molar-refractivity contribution in [2.75, 3.05) is 0 Å². The van der Waals surface area contributed by atoms with Gasteiger partial charge in [-0.3, -0.25) is 4.79 Å². The maximum atomic E-state index is 11.9. The summed E-state index contributed by atoms with van der Waals surface area (Å²) < 4.78 is 0. The fourth-order valence-electron chi connectivity index (χ4n) is 2.11. The number of halogens is 2. The zero-order valence-electron chi connectivity index (χ0n) is 9.30. The van der Waals surface area contributed by atoms with Crippen LogP contribution in [0.4, 0.5) is 0 Å². The molecule has 2 unspecified atom stereocenters. The van der Waals surface area contributed by atoms with Gasteiger partial charge in [-0.2, -0.15) is 0 Å². The van der Waals surface area contributed by atoms with Crippen LogP contribution in [-0.2, 0) is 0 Å². The molecule has 0 aliphatic heterocycles. The van der Waals surface area contributed by atoms with E-state index < -0.39 is 0 Å². The standard InChI is InChI=1S/C11H15Cl2N3O/c12-6-5-9(15-10(6)13)11(17)16-8-4-2-1-3-7(8)14/h5,7-8,15H,1-4,14H2,(H,16,17). The molecule has 17 heavy (non-hydrogen) atoms. The molecule has 1 fully saturated rings. The average molecular weight is 276 g/mol. The second kappa shape index (κ2) is 5.29. The van der Waals surface area contributed by atoms with E-state index in [1.54, 1.807) is 0 Å². The summed E-state index contributed by atoms with van der Waals surface area (Å²) in [5.41, 5.74) is 6.34. The van der Waals surface area contributed by atoms with Crippen LogP contribution in [0.3, 0.4) is 0 Å². The third-order valence-corrected chi connectivity index (χ3v) is 3.80. The monoisotopic (exact) mass is 275 g/mol. The number of carbonyl (C=O) groups is 1. The minimum absolute atomic E-state index is 0.0357. The number of aromatic nitrogens is 1. The summed E-state index contributed by atoms with van der Waals surface area (Å²) in [6, 6.07) is 1.60. The van der Waals surface area contributed by atoms with Gasteiger partial charge in [0.25, 0.3) is 5.91 Å². The van der Waals surface area contributed by atoms with Crippen LogP contribution in [0.15, 0.2) is 6.07 Å². The molecule has 2 rings (SSSR count). The Kier molecular flexibility index (Phi) is 3.97. The molecular weight excluding hydrogens is 261 g/mol. The van der Waals surface area contributed by atoms with Crippen molar-refractivity contribution in [2.24, 2.45) is 5.73 Å². The van der Waals surface area contributed by atoms with Crippen molar-refractivity contribution in [3.63, 3.8) is 0 Å². The SMILES string of the molecule is NC1CCCCC1NC(=O)c1cc(Cl)c(Cl)[nH]1. The Balaban J connectivity index is 2.01. The van der Waals surface area contributed by atoms with E-state index in [1.807, 2.05) is 0 Å². The maximum Gasteiger partial charge on any atom is 0.268 e. The summed E-state index contributed by atoms with van der Waals surface area (Å²) in [4.78, 5) is 14.6. The Hall–Kier alpha value is -0.710. The van der Waals surface area contributed by atoms with Gasteiger partial charge in [0.2, 0.25) is 0 Å². The van der Waals surface area contributed by atoms with Crippen molar-refractivity contribution in [1.29, 1.82) is 0 Å². The second-order valence-electron chi connectivity index (χ2n) is 4.37. The third-order valence-electron chi connectivity index (χ3n) is 3.11. The fourth-order valence-corrected chi connectivity index (χ4v) is 2.42.